The first-order valence-corrected chi connectivity index (χ1v) is 8.96. The van der Waals surface area contributed by atoms with Crippen molar-refractivity contribution in [1.82, 2.24) is 9.29 Å². The molecule has 0 radical (unpaired) electrons. The maximum Gasteiger partial charge on any atom is 0.348 e. The Morgan fingerprint density at radius 3 is 2.33 bits per heavy atom. The predicted octanol–water partition coefficient (Wildman–Crippen LogP) is 1.88. The molecule has 0 bridgehead atoms. The number of carbonyl (C=O) groups is 2. The molecule has 0 aliphatic carbocycles. The standard InChI is InChI=1S/C16H16N2O5S/c1-4-18(5-2)24(21,22)10-6-7-12-11(8-10)14-13(9(3)17-12)15(19)23-16(14)20/h6-8H,4-5H2,1-3H3. The molecule has 1 aliphatic heterocycles. The van der Waals surface area contributed by atoms with Crippen LogP contribution in [0.2, 0.25) is 0 Å². The molecule has 0 atom stereocenters. The van der Waals surface area contributed by atoms with Gasteiger partial charge in [0.15, 0.2) is 0 Å². The van der Waals surface area contributed by atoms with Crippen LogP contribution in [0.25, 0.3) is 10.9 Å². The Kier molecular flexibility index (Phi) is 3.89. The number of carbonyl (C=O) groups excluding carboxylic acids is 2. The van der Waals surface area contributed by atoms with Crippen molar-refractivity contribution >= 4 is 32.9 Å². The Balaban J connectivity index is 2.30. The summed E-state index contributed by atoms with van der Waals surface area (Å²) >= 11 is 0. The second-order valence-corrected chi connectivity index (χ2v) is 7.33. The van der Waals surface area contributed by atoms with Crippen molar-refractivity contribution < 1.29 is 22.7 Å². The highest BCUT2D eigenvalue weighted by Gasteiger charge is 2.35. The third kappa shape index (κ3) is 2.30. The Hall–Kier alpha value is -2.32. The number of aryl methyl sites for hydroxylation is 1. The number of pyridine rings is 1. The molecule has 7 nitrogen and oxygen atoms in total. The second kappa shape index (κ2) is 5.64. The molecule has 0 saturated heterocycles. The molecule has 1 aromatic heterocycles. The zero-order valence-corrected chi connectivity index (χ0v) is 14.3. The summed E-state index contributed by atoms with van der Waals surface area (Å²) in [4.78, 5) is 28.2. The van der Waals surface area contributed by atoms with Gasteiger partial charge in [0.05, 0.1) is 27.2 Å². The Bertz CT molecular complexity index is 978. The van der Waals surface area contributed by atoms with Gasteiger partial charge in [0.25, 0.3) is 0 Å². The van der Waals surface area contributed by atoms with E-state index in [4.69, 9.17) is 0 Å². The first kappa shape index (κ1) is 16.5. The molecule has 2 aromatic rings. The van der Waals surface area contributed by atoms with Gasteiger partial charge in [-0.3, -0.25) is 4.98 Å². The second-order valence-electron chi connectivity index (χ2n) is 5.39. The summed E-state index contributed by atoms with van der Waals surface area (Å²) in [7, 11) is -3.68. The smallest absolute Gasteiger partial charge is 0.348 e. The lowest BCUT2D eigenvalue weighted by molar-refractivity contribution is 0.0444. The molecule has 24 heavy (non-hydrogen) atoms. The molecule has 0 N–H and O–H groups in total. The molecule has 0 unspecified atom stereocenters. The van der Waals surface area contributed by atoms with Gasteiger partial charge < -0.3 is 4.74 Å². The largest absolute Gasteiger partial charge is 0.386 e. The van der Waals surface area contributed by atoms with Crippen molar-refractivity contribution in [3.63, 3.8) is 0 Å². The van der Waals surface area contributed by atoms with E-state index in [0.717, 1.165) is 0 Å². The monoisotopic (exact) mass is 348 g/mol. The topological polar surface area (TPSA) is 93.6 Å². The van der Waals surface area contributed by atoms with E-state index < -0.39 is 22.0 Å². The van der Waals surface area contributed by atoms with Gasteiger partial charge >= 0.3 is 11.9 Å². The highest BCUT2D eigenvalue weighted by molar-refractivity contribution is 7.89. The molecule has 0 saturated carbocycles. The summed E-state index contributed by atoms with van der Waals surface area (Å²) in [5.41, 5.74) is 1.01. The number of aromatic nitrogens is 1. The van der Waals surface area contributed by atoms with Gasteiger partial charge in [-0.25, -0.2) is 18.0 Å². The molecule has 3 rings (SSSR count). The fourth-order valence-electron chi connectivity index (χ4n) is 2.89. The van der Waals surface area contributed by atoms with E-state index in [1.807, 2.05) is 0 Å². The van der Waals surface area contributed by atoms with Gasteiger partial charge in [0.2, 0.25) is 10.0 Å². The number of nitrogens with zero attached hydrogens (tertiary/aromatic N) is 2. The minimum atomic E-state index is -3.68. The molecule has 126 valence electrons. The van der Waals surface area contributed by atoms with Crippen LogP contribution in [0.5, 0.6) is 0 Å². The summed E-state index contributed by atoms with van der Waals surface area (Å²) < 4.78 is 31.3. The molecular formula is C16H16N2O5S. The van der Waals surface area contributed by atoms with Crippen LogP contribution in [0.3, 0.4) is 0 Å². The van der Waals surface area contributed by atoms with Gasteiger partial charge in [-0.1, -0.05) is 13.8 Å². The van der Waals surface area contributed by atoms with Crippen molar-refractivity contribution in [2.75, 3.05) is 13.1 Å². The minimum Gasteiger partial charge on any atom is -0.386 e. The van der Waals surface area contributed by atoms with E-state index in [-0.39, 0.29) is 16.0 Å². The van der Waals surface area contributed by atoms with Gasteiger partial charge in [0.1, 0.15) is 0 Å². The third-order valence-corrected chi connectivity index (χ3v) is 6.12. The van der Waals surface area contributed by atoms with Crippen molar-refractivity contribution in [1.29, 1.82) is 0 Å². The summed E-state index contributed by atoms with van der Waals surface area (Å²) in [6.07, 6.45) is 0. The van der Waals surface area contributed by atoms with Crippen LogP contribution in [0.15, 0.2) is 23.1 Å². The molecule has 8 heteroatoms. The zero-order valence-electron chi connectivity index (χ0n) is 13.5. The minimum absolute atomic E-state index is 0.0544. The highest BCUT2D eigenvalue weighted by atomic mass is 32.2. The number of hydrogen-bond acceptors (Lipinski definition) is 6. The van der Waals surface area contributed by atoms with Crippen molar-refractivity contribution in [2.24, 2.45) is 0 Å². The van der Waals surface area contributed by atoms with Crippen LogP contribution in [-0.4, -0.2) is 42.7 Å². The Labute approximate surface area is 139 Å². The SMILES string of the molecule is CCN(CC)S(=O)(=O)c1ccc2nc(C)c3c(c2c1)C(=O)OC3=O. The van der Waals surface area contributed by atoms with E-state index in [2.05, 4.69) is 9.72 Å². The molecule has 1 aliphatic rings. The maximum atomic E-state index is 12.7. The van der Waals surface area contributed by atoms with E-state index in [0.29, 0.717) is 29.7 Å². The van der Waals surface area contributed by atoms with Crippen molar-refractivity contribution in [3.8, 4) is 0 Å². The van der Waals surface area contributed by atoms with Gasteiger partial charge in [-0.2, -0.15) is 4.31 Å². The summed E-state index contributed by atoms with van der Waals surface area (Å²) in [6.45, 7) is 5.78. The van der Waals surface area contributed by atoms with E-state index in [1.165, 1.54) is 22.5 Å². The van der Waals surface area contributed by atoms with Crippen LogP contribution in [-0.2, 0) is 14.8 Å². The number of esters is 2. The number of ether oxygens (including phenoxy) is 1. The van der Waals surface area contributed by atoms with Crippen molar-refractivity contribution in [2.45, 2.75) is 25.7 Å². The lowest BCUT2D eigenvalue weighted by atomic mass is 10.0. The molecule has 0 amide bonds. The fraction of sp³-hybridized carbons (Fsp3) is 0.312. The molecule has 2 heterocycles. The van der Waals surface area contributed by atoms with Gasteiger partial charge in [-0.05, 0) is 25.1 Å². The van der Waals surface area contributed by atoms with E-state index >= 15 is 0 Å². The number of cyclic esters (lactones) is 2. The zero-order chi connectivity index (χ0) is 17.6. The first-order valence-electron chi connectivity index (χ1n) is 7.52. The molecule has 0 spiro atoms. The quantitative estimate of drug-likeness (QED) is 0.619. The average molecular weight is 348 g/mol. The maximum absolute atomic E-state index is 12.7. The van der Waals surface area contributed by atoms with Gasteiger partial charge in [-0.15, -0.1) is 0 Å². The van der Waals surface area contributed by atoms with E-state index in [9.17, 15) is 18.0 Å². The van der Waals surface area contributed by atoms with E-state index in [1.54, 1.807) is 20.8 Å². The number of fused-ring (bicyclic) bond motifs is 3. The molecule has 0 fully saturated rings. The lowest BCUT2D eigenvalue weighted by Crippen LogP contribution is -2.30. The predicted molar refractivity (Wildman–Crippen MR) is 86.3 cm³/mol. The van der Waals surface area contributed by atoms with Crippen LogP contribution in [0.4, 0.5) is 0 Å². The van der Waals surface area contributed by atoms with Crippen LogP contribution < -0.4 is 0 Å². The third-order valence-electron chi connectivity index (χ3n) is 4.07. The van der Waals surface area contributed by atoms with Crippen molar-refractivity contribution in [3.05, 3.63) is 35.0 Å². The van der Waals surface area contributed by atoms with Crippen LogP contribution in [0.1, 0.15) is 40.3 Å². The number of hydrogen-bond donors (Lipinski definition) is 0. The average Bonchev–Trinajstić information content (AvgIpc) is 2.83. The number of benzene rings is 1. The summed E-state index contributed by atoms with van der Waals surface area (Å²) in [6, 6.07) is 4.38. The Morgan fingerprint density at radius 2 is 1.71 bits per heavy atom. The number of rotatable bonds is 4. The normalized spacial score (nSPS) is 14.3. The number of sulfonamides is 1. The molecular weight excluding hydrogens is 332 g/mol. The fourth-order valence-corrected chi connectivity index (χ4v) is 4.37. The summed E-state index contributed by atoms with van der Waals surface area (Å²) in [5.74, 6) is -1.53. The molecule has 1 aromatic carbocycles. The van der Waals surface area contributed by atoms with Gasteiger partial charge in [0, 0.05) is 18.5 Å². The first-order chi connectivity index (χ1) is 11.3. The van der Waals surface area contributed by atoms with Crippen LogP contribution in [0, 0.1) is 6.92 Å². The van der Waals surface area contributed by atoms with Crippen LogP contribution >= 0.6 is 0 Å². The Morgan fingerprint density at radius 1 is 1.08 bits per heavy atom. The highest BCUT2D eigenvalue weighted by Crippen LogP contribution is 2.31. The summed E-state index contributed by atoms with van der Waals surface area (Å²) in [5, 5.41) is 0.305. The lowest BCUT2D eigenvalue weighted by Gasteiger charge is -2.18.